The molecule has 224 valence electrons. The van der Waals surface area contributed by atoms with Gasteiger partial charge >= 0.3 is 0 Å². The van der Waals surface area contributed by atoms with E-state index < -0.39 is 21.8 Å². The van der Waals surface area contributed by atoms with E-state index in [1.807, 2.05) is 26.0 Å². The summed E-state index contributed by atoms with van der Waals surface area (Å²) in [6.07, 6.45) is 2.83. The molecule has 0 unspecified atom stereocenters. The van der Waals surface area contributed by atoms with Gasteiger partial charge in [0.1, 0.15) is 15.6 Å². The molecule has 0 atom stereocenters. The zero-order valence-electron chi connectivity index (χ0n) is 23.8. The van der Waals surface area contributed by atoms with Crippen LogP contribution in [0.4, 0.5) is 5.69 Å². The van der Waals surface area contributed by atoms with E-state index in [9.17, 15) is 22.8 Å². The van der Waals surface area contributed by atoms with Gasteiger partial charge < -0.3 is 14.5 Å². The van der Waals surface area contributed by atoms with Crippen molar-refractivity contribution in [1.29, 1.82) is 0 Å². The van der Waals surface area contributed by atoms with Gasteiger partial charge in [-0.3, -0.25) is 29.5 Å². The smallest absolute Gasteiger partial charge is 0.268 e. The lowest BCUT2D eigenvalue weighted by Gasteiger charge is -2.22. The van der Waals surface area contributed by atoms with Crippen LogP contribution < -0.4 is 30.2 Å². The van der Waals surface area contributed by atoms with Gasteiger partial charge in [-0.25, -0.2) is 13.4 Å². The SMILES string of the molecule is COc1cc(/C=C/C(=O)NNC(=O)Cc2nc3sc(C)c(C)c3c(=O)[nH]2)cc(S(=O)(=O)N2CCc3ccccc32)c1OC. The molecule has 43 heavy (non-hydrogen) atoms. The van der Waals surface area contributed by atoms with E-state index in [1.54, 1.807) is 12.1 Å². The van der Waals surface area contributed by atoms with Gasteiger partial charge in [0.15, 0.2) is 11.5 Å². The Bertz CT molecular complexity index is 1950. The van der Waals surface area contributed by atoms with Crippen molar-refractivity contribution in [3.63, 3.8) is 0 Å². The number of carbonyl (C=O) groups excluding carboxylic acids is 2. The molecule has 0 saturated heterocycles. The summed E-state index contributed by atoms with van der Waals surface area (Å²) in [4.78, 5) is 45.7. The quantitative estimate of drug-likeness (QED) is 0.200. The van der Waals surface area contributed by atoms with Gasteiger partial charge in [0.2, 0.25) is 5.91 Å². The molecular formula is C29H29N5O7S2. The predicted octanol–water partition coefficient (Wildman–Crippen LogP) is 2.77. The van der Waals surface area contributed by atoms with E-state index >= 15 is 0 Å². The van der Waals surface area contributed by atoms with Crippen molar-refractivity contribution in [3.8, 4) is 11.5 Å². The summed E-state index contributed by atoms with van der Waals surface area (Å²) in [6, 6.07) is 10.2. The monoisotopic (exact) mass is 623 g/mol. The highest BCUT2D eigenvalue weighted by molar-refractivity contribution is 7.93. The van der Waals surface area contributed by atoms with E-state index in [1.165, 1.54) is 48.1 Å². The number of sulfonamides is 1. The second-order valence-electron chi connectivity index (χ2n) is 9.73. The Morgan fingerprint density at radius 2 is 1.91 bits per heavy atom. The Kier molecular flexibility index (Phi) is 8.24. The third-order valence-corrected chi connectivity index (χ3v) is 9.97. The molecule has 1 aliphatic heterocycles. The van der Waals surface area contributed by atoms with Crippen LogP contribution in [0.3, 0.4) is 0 Å². The number of aryl methyl sites for hydroxylation is 2. The molecule has 2 aromatic carbocycles. The van der Waals surface area contributed by atoms with Crippen LogP contribution >= 0.6 is 11.3 Å². The number of benzene rings is 2. The second kappa shape index (κ2) is 11.9. The highest BCUT2D eigenvalue weighted by atomic mass is 32.2. The number of ether oxygens (including phenoxy) is 2. The number of hydrogen-bond acceptors (Lipinski definition) is 9. The minimum Gasteiger partial charge on any atom is -0.493 e. The number of nitrogens with one attached hydrogen (secondary N) is 3. The lowest BCUT2D eigenvalue weighted by molar-refractivity contribution is -0.126. The average molecular weight is 624 g/mol. The van der Waals surface area contributed by atoms with Crippen LogP contribution in [-0.4, -0.2) is 51.0 Å². The minimum absolute atomic E-state index is 0.0402. The number of H-pyrrole nitrogens is 1. The van der Waals surface area contributed by atoms with Crippen molar-refractivity contribution in [3.05, 3.63) is 80.2 Å². The summed E-state index contributed by atoms with van der Waals surface area (Å²) in [5, 5.41) is 0.501. The van der Waals surface area contributed by atoms with Crippen molar-refractivity contribution in [2.75, 3.05) is 25.1 Å². The van der Waals surface area contributed by atoms with Gasteiger partial charge in [-0.05, 0) is 61.2 Å². The number of hydrazine groups is 1. The van der Waals surface area contributed by atoms with Crippen molar-refractivity contribution in [2.24, 2.45) is 0 Å². The molecule has 0 aliphatic carbocycles. The number of para-hydroxylation sites is 1. The molecule has 2 aromatic heterocycles. The van der Waals surface area contributed by atoms with Gasteiger partial charge in [-0.2, -0.15) is 0 Å². The summed E-state index contributed by atoms with van der Waals surface area (Å²) in [5.41, 5.74) is 6.94. The maximum atomic E-state index is 13.8. The van der Waals surface area contributed by atoms with Crippen LogP contribution in [-0.2, 0) is 32.5 Å². The van der Waals surface area contributed by atoms with Crippen molar-refractivity contribution >= 4 is 55.2 Å². The third kappa shape index (κ3) is 5.83. The molecule has 3 heterocycles. The van der Waals surface area contributed by atoms with Crippen molar-refractivity contribution in [2.45, 2.75) is 31.6 Å². The molecular weight excluding hydrogens is 594 g/mol. The lowest BCUT2D eigenvalue weighted by Crippen LogP contribution is -2.41. The van der Waals surface area contributed by atoms with E-state index in [2.05, 4.69) is 20.8 Å². The van der Waals surface area contributed by atoms with Crippen molar-refractivity contribution < 1.29 is 27.5 Å². The molecule has 0 spiro atoms. The Hall–Kier alpha value is -4.69. The number of methoxy groups -OCH3 is 2. The topological polar surface area (TPSA) is 160 Å². The number of hydrogen-bond donors (Lipinski definition) is 3. The summed E-state index contributed by atoms with van der Waals surface area (Å²) < 4.78 is 39.7. The summed E-state index contributed by atoms with van der Waals surface area (Å²) in [7, 11) is -1.31. The van der Waals surface area contributed by atoms with Crippen LogP contribution in [0.2, 0.25) is 0 Å². The Morgan fingerprint density at radius 3 is 2.65 bits per heavy atom. The molecule has 3 N–H and O–H groups in total. The molecule has 14 heteroatoms. The molecule has 4 aromatic rings. The van der Waals surface area contributed by atoms with Crippen LogP contribution in [0.1, 0.15) is 27.4 Å². The fourth-order valence-electron chi connectivity index (χ4n) is 4.84. The predicted molar refractivity (Wildman–Crippen MR) is 163 cm³/mol. The fourth-order valence-corrected chi connectivity index (χ4v) is 7.60. The van der Waals surface area contributed by atoms with Crippen LogP contribution in [0.25, 0.3) is 16.3 Å². The van der Waals surface area contributed by atoms with Crippen molar-refractivity contribution in [1.82, 2.24) is 20.8 Å². The molecule has 0 saturated carbocycles. The summed E-state index contributed by atoms with van der Waals surface area (Å²) in [5.74, 6) is -0.903. The van der Waals surface area contributed by atoms with Gasteiger partial charge in [0, 0.05) is 17.5 Å². The number of fused-ring (bicyclic) bond motifs is 2. The first-order valence-electron chi connectivity index (χ1n) is 13.2. The van der Waals surface area contributed by atoms with E-state index in [0.717, 1.165) is 22.1 Å². The molecule has 0 bridgehead atoms. The maximum absolute atomic E-state index is 13.8. The highest BCUT2D eigenvalue weighted by Gasteiger charge is 2.34. The zero-order chi connectivity index (χ0) is 30.9. The van der Waals surface area contributed by atoms with Gasteiger partial charge in [-0.15, -0.1) is 11.3 Å². The Morgan fingerprint density at radius 1 is 1.14 bits per heavy atom. The maximum Gasteiger partial charge on any atom is 0.268 e. The fraction of sp³-hybridized carbons (Fsp3) is 0.241. The van der Waals surface area contributed by atoms with Gasteiger partial charge in [-0.1, -0.05) is 18.2 Å². The van der Waals surface area contributed by atoms with Crippen LogP contribution in [0.5, 0.6) is 11.5 Å². The van der Waals surface area contributed by atoms with E-state index in [0.29, 0.717) is 27.9 Å². The van der Waals surface area contributed by atoms with E-state index in [-0.39, 0.29) is 40.7 Å². The standard InChI is InChI=1S/C29H29N5O7S2/c1-16-17(2)42-29-26(16)28(37)30-23(31-29)15-25(36)33-32-24(35)10-9-18-13-21(40-3)27(41-4)22(14-18)43(38,39)34-12-11-19-7-5-6-8-20(19)34/h5-10,13-14H,11-12,15H2,1-4H3,(H,32,35)(H,33,36)(H,30,31,37)/b10-9+. The van der Waals surface area contributed by atoms with E-state index in [4.69, 9.17) is 9.47 Å². The number of nitrogens with zero attached hydrogens (tertiary/aromatic N) is 2. The number of carbonyl (C=O) groups is 2. The van der Waals surface area contributed by atoms with Crippen LogP contribution in [0, 0.1) is 13.8 Å². The third-order valence-electron chi connectivity index (χ3n) is 7.05. The highest BCUT2D eigenvalue weighted by Crippen LogP contribution is 2.40. The zero-order valence-corrected chi connectivity index (χ0v) is 25.4. The van der Waals surface area contributed by atoms with Gasteiger partial charge in [0.05, 0.1) is 31.7 Å². The molecule has 0 fully saturated rings. The van der Waals surface area contributed by atoms with Gasteiger partial charge in [0.25, 0.3) is 21.5 Å². The number of aromatic nitrogens is 2. The average Bonchev–Trinajstić information content (AvgIpc) is 3.55. The second-order valence-corrected chi connectivity index (χ2v) is 12.8. The molecule has 0 radical (unpaired) electrons. The molecule has 2 amide bonds. The van der Waals surface area contributed by atoms with Crippen LogP contribution in [0.15, 0.2) is 52.2 Å². The molecule has 1 aliphatic rings. The minimum atomic E-state index is -4.05. The number of thiophene rings is 1. The number of amides is 2. The number of rotatable bonds is 8. The lowest BCUT2D eigenvalue weighted by atomic mass is 10.2. The first kappa shape index (κ1) is 29.8. The first-order chi connectivity index (χ1) is 20.5. The Labute approximate surface area is 251 Å². The summed E-state index contributed by atoms with van der Waals surface area (Å²) in [6.45, 7) is 4.01. The Balaban J connectivity index is 1.30. The first-order valence-corrected chi connectivity index (χ1v) is 15.4. The number of aromatic amines is 1. The number of anilines is 1. The normalized spacial score (nSPS) is 12.9. The summed E-state index contributed by atoms with van der Waals surface area (Å²) >= 11 is 1.37. The molecule has 5 rings (SSSR count). The largest absolute Gasteiger partial charge is 0.493 e. The molecule has 12 nitrogen and oxygen atoms in total.